The lowest BCUT2D eigenvalue weighted by Gasteiger charge is -2.24. The zero-order valence-electron chi connectivity index (χ0n) is 11.5. The van der Waals surface area contributed by atoms with E-state index in [1.54, 1.807) is 0 Å². The van der Waals surface area contributed by atoms with Crippen LogP contribution in [0.2, 0.25) is 0 Å². The van der Waals surface area contributed by atoms with Crippen LogP contribution < -0.4 is 0 Å². The van der Waals surface area contributed by atoms with Crippen LogP contribution in [0.1, 0.15) is 71.6 Å². The Bertz CT molecular complexity index is 219. The maximum Gasteiger partial charge on any atom is 0.306 e. The van der Waals surface area contributed by atoms with Gasteiger partial charge >= 0.3 is 5.97 Å². The van der Waals surface area contributed by atoms with Crippen LogP contribution in [0.15, 0.2) is 0 Å². The number of carbonyl (C=O) groups is 1. The average Bonchev–Trinajstić information content (AvgIpc) is 2.82. The van der Waals surface area contributed by atoms with E-state index in [1.165, 1.54) is 32.1 Å². The van der Waals surface area contributed by atoms with Crippen molar-refractivity contribution in [1.29, 1.82) is 0 Å². The largest absolute Gasteiger partial charge is 0.481 e. The molecular formula is C15H28O2. The molecule has 0 radical (unpaired) electrons. The van der Waals surface area contributed by atoms with Gasteiger partial charge in [-0.2, -0.15) is 0 Å². The third-order valence-electron chi connectivity index (χ3n) is 4.42. The third-order valence-corrected chi connectivity index (χ3v) is 4.42. The molecule has 0 aliphatic heterocycles. The van der Waals surface area contributed by atoms with Crippen LogP contribution in [-0.4, -0.2) is 11.1 Å². The summed E-state index contributed by atoms with van der Waals surface area (Å²) in [7, 11) is 0. The summed E-state index contributed by atoms with van der Waals surface area (Å²) in [4.78, 5) is 11.4. The van der Waals surface area contributed by atoms with Gasteiger partial charge in [-0.05, 0) is 31.1 Å². The number of aliphatic carboxylic acids is 1. The molecule has 2 heteroatoms. The summed E-state index contributed by atoms with van der Waals surface area (Å²) in [6, 6.07) is 0. The molecule has 0 saturated heterocycles. The Kier molecular flexibility index (Phi) is 6.61. The Morgan fingerprint density at radius 1 is 1.29 bits per heavy atom. The first-order valence-corrected chi connectivity index (χ1v) is 7.41. The van der Waals surface area contributed by atoms with Gasteiger partial charge in [0.25, 0.3) is 0 Å². The van der Waals surface area contributed by atoms with Crippen molar-refractivity contribution in [3.05, 3.63) is 0 Å². The molecule has 1 saturated carbocycles. The standard InChI is InChI=1S/C15H28O2/c1-3-5-8-12(4-2)11-14(15(16)17)13-9-6-7-10-13/h12-14H,3-11H2,1-2H3,(H,16,17). The third kappa shape index (κ3) is 4.69. The van der Waals surface area contributed by atoms with Crippen molar-refractivity contribution in [2.75, 3.05) is 0 Å². The van der Waals surface area contributed by atoms with Gasteiger partial charge in [-0.15, -0.1) is 0 Å². The fourth-order valence-electron chi connectivity index (χ4n) is 3.20. The van der Waals surface area contributed by atoms with E-state index in [0.717, 1.165) is 25.7 Å². The maximum absolute atomic E-state index is 11.4. The van der Waals surface area contributed by atoms with Gasteiger partial charge < -0.3 is 5.11 Å². The molecule has 1 fully saturated rings. The van der Waals surface area contributed by atoms with Crippen molar-refractivity contribution in [2.24, 2.45) is 17.8 Å². The molecule has 2 atom stereocenters. The molecule has 17 heavy (non-hydrogen) atoms. The van der Waals surface area contributed by atoms with E-state index in [2.05, 4.69) is 13.8 Å². The summed E-state index contributed by atoms with van der Waals surface area (Å²) >= 11 is 0. The number of hydrogen-bond acceptors (Lipinski definition) is 1. The van der Waals surface area contributed by atoms with E-state index in [4.69, 9.17) is 0 Å². The van der Waals surface area contributed by atoms with Crippen LogP contribution >= 0.6 is 0 Å². The van der Waals surface area contributed by atoms with Crippen LogP contribution in [0.3, 0.4) is 0 Å². The first-order valence-electron chi connectivity index (χ1n) is 7.41. The molecule has 0 amide bonds. The molecule has 0 bridgehead atoms. The highest BCUT2D eigenvalue weighted by molar-refractivity contribution is 5.70. The van der Waals surface area contributed by atoms with Gasteiger partial charge in [-0.25, -0.2) is 0 Å². The molecule has 0 aromatic heterocycles. The minimum Gasteiger partial charge on any atom is -0.481 e. The lowest BCUT2D eigenvalue weighted by molar-refractivity contribution is -0.144. The van der Waals surface area contributed by atoms with Gasteiger partial charge in [-0.1, -0.05) is 52.4 Å². The topological polar surface area (TPSA) is 37.3 Å². The maximum atomic E-state index is 11.4. The molecule has 0 aromatic carbocycles. The van der Waals surface area contributed by atoms with Crippen molar-refractivity contribution in [3.63, 3.8) is 0 Å². The highest BCUT2D eigenvalue weighted by Gasteiger charge is 2.31. The summed E-state index contributed by atoms with van der Waals surface area (Å²) in [6.45, 7) is 4.41. The van der Waals surface area contributed by atoms with E-state index < -0.39 is 5.97 Å². The second-order valence-corrected chi connectivity index (χ2v) is 5.64. The van der Waals surface area contributed by atoms with E-state index in [-0.39, 0.29) is 5.92 Å². The van der Waals surface area contributed by atoms with Crippen molar-refractivity contribution in [3.8, 4) is 0 Å². The number of carboxylic acid groups (broad SMARTS) is 1. The number of hydrogen-bond donors (Lipinski definition) is 1. The summed E-state index contributed by atoms with van der Waals surface area (Å²) in [5, 5.41) is 9.40. The molecule has 0 aromatic rings. The molecule has 1 aliphatic carbocycles. The van der Waals surface area contributed by atoms with Crippen LogP contribution in [0, 0.1) is 17.8 Å². The minimum atomic E-state index is -0.549. The van der Waals surface area contributed by atoms with E-state index >= 15 is 0 Å². The highest BCUT2D eigenvalue weighted by Crippen LogP contribution is 2.36. The second-order valence-electron chi connectivity index (χ2n) is 5.64. The van der Waals surface area contributed by atoms with Gasteiger partial charge in [0.15, 0.2) is 0 Å². The molecule has 2 unspecified atom stereocenters. The first-order chi connectivity index (χ1) is 8.19. The Morgan fingerprint density at radius 3 is 2.41 bits per heavy atom. The van der Waals surface area contributed by atoms with Gasteiger partial charge in [0.1, 0.15) is 0 Å². The molecule has 0 heterocycles. The second kappa shape index (κ2) is 7.73. The number of rotatable bonds is 8. The fraction of sp³-hybridized carbons (Fsp3) is 0.933. The molecule has 1 rings (SSSR count). The number of carboxylic acids is 1. The Balaban J connectivity index is 2.48. The van der Waals surface area contributed by atoms with Gasteiger partial charge in [0.05, 0.1) is 5.92 Å². The van der Waals surface area contributed by atoms with Crippen molar-refractivity contribution in [1.82, 2.24) is 0 Å². The zero-order valence-corrected chi connectivity index (χ0v) is 11.5. The van der Waals surface area contributed by atoms with Crippen LogP contribution in [-0.2, 0) is 4.79 Å². The zero-order chi connectivity index (χ0) is 12.7. The predicted octanol–water partition coefficient (Wildman–Crippen LogP) is 4.48. The summed E-state index contributed by atoms with van der Waals surface area (Å²) in [5.41, 5.74) is 0. The molecule has 1 N–H and O–H groups in total. The smallest absolute Gasteiger partial charge is 0.306 e. The fourth-order valence-corrected chi connectivity index (χ4v) is 3.20. The van der Waals surface area contributed by atoms with Crippen LogP contribution in [0.25, 0.3) is 0 Å². The average molecular weight is 240 g/mol. The van der Waals surface area contributed by atoms with Crippen molar-refractivity contribution >= 4 is 5.97 Å². The molecular weight excluding hydrogens is 212 g/mol. The molecule has 100 valence electrons. The van der Waals surface area contributed by atoms with E-state index in [0.29, 0.717) is 11.8 Å². The van der Waals surface area contributed by atoms with E-state index in [1.807, 2.05) is 0 Å². The molecule has 2 nitrogen and oxygen atoms in total. The molecule has 0 spiro atoms. The van der Waals surface area contributed by atoms with Crippen LogP contribution in [0.5, 0.6) is 0 Å². The molecule has 1 aliphatic rings. The van der Waals surface area contributed by atoms with Crippen molar-refractivity contribution < 1.29 is 9.90 Å². The monoisotopic (exact) mass is 240 g/mol. The predicted molar refractivity (Wildman–Crippen MR) is 71.0 cm³/mol. The van der Waals surface area contributed by atoms with Gasteiger partial charge in [0, 0.05) is 0 Å². The van der Waals surface area contributed by atoms with Gasteiger partial charge in [-0.3, -0.25) is 4.79 Å². The minimum absolute atomic E-state index is 0.0701. The van der Waals surface area contributed by atoms with E-state index in [9.17, 15) is 9.90 Å². The summed E-state index contributed by atoms with van der Waals surface area (Å²) < 4.78 is 0. The number of unbranched alkanes of at least 4 members (excludes halogenated alkanes) is 1. The Labute approximate surface area is 106 Å². The van der Waals surface area contributed by atoms with Gasteiger partial charge in [0.2, 0.25) is 0 Å². The quantitative estimate of drug-likeness (QED) is 0.679. The first kappa shape index (κ1) is 14.5. The normalized spacial score (nSPS) is 20.4. The summed E-state index contributed by atoms with van der Waals surface area (Å²) in [5.74, 6) is 0.464. The lowest BCUT2D eigenvalue weighted by atomic mass is 9.81. The summed E-state index contributed by atoms with van der Waals surface area (Å²) in [6.07, 6.45) is 10.5. The van der Waals surface area contributed by atoms with Crippen molar-refractivity contribution in [2.45, 2.75) is 71.6 Å². The Hall–Kier alpha value is -0.530. The Morgan fingerprint density at radius 2 is 1.94 bits per heavy atom. The highest BCUT2D eigenvalue weighted by atomic mass is 16.4. The lowest BCUT2D eigenvalue weighted by Crippen LogP contribution is -2.24. The van der Waals surface area contributed by atoms with Crippen LogP contribution in [0.4, 0.5) is 0 Å². The SMILES string of the molecule is CCCCC(CC)CC(C(=O)O)C1CCCC1.